The van der Waals surface area contributed by atoms with Crippen molar-refractivity contribution in [2.24, 2.45) is 0 Å². The van der Waals surface area contributed by atoms with E-state index in [-0.39, 0.29) is 0 Å². The van der Waals surface area contributed by atoms with Crippen LogP contribution in [0.4, 0.5) is 0 Å². The highest BCUT2D eigenvalue weighted by molar-refractivity contribution is 7.99. The molecule has 0 aromatic carbocycles. The summed E-state index contributed by atoms with van der Waals surface area (Å²) in [4.78, 5) is 12.4. The van der Waals surface area contributed by atoms with Crippen molar-refractivity contribution in [3.8, 4) is 0 Å². The minimum atomic E-state index is 0.660. The lowest BCUT2D eigenvalue weighted by atomic mass is 10.5. The quantitative estimate of drug-likeness (QED) is 0.768. The Labute approximate surface area is 85.4 Å². The molecule has 0 radical (unpaired) electrons. The molecule has 14 heavy (non-hydrogen) atoms. The van der Waals surface area contributed by atoms with E-state index >= 15 is 0 Å². The maximum Gasteiger partial charge on any atom is 0.216 e. The van der Waals surface area contributed by atoms with E-state index in [0.29, 0.717) is 10.3 Å². The Kier molecular flexibility index (Phi) is 2.73. The third kappa shape index (κ3) is 2.08. The molecule has 2 heterocycles. The van der Waals surface area contributed by atoms with E-state index in [2.05, 4.69) is 25.1 Å². The van der Waals surface area contributed by atoms with Gasteiger partial charge in [-0.25, -0.2) is 15.0 Å². The fraction of sp³-hybridized carbons (Fsp3) is 0.250. The van der Waals surface area contributed by atoms with E-state index < -0.39 is 0 Å². The first-order valence-corrected chi connectivity index (χ1v) is 5.06. The molecule has 0 atom stereocenters. The molecule has 0 saturated carbocycles. The third-order valence-electron chi connectivity index (χ3n) is 1.57. The van der Waals surface area contributed by atoms with Crippen LogP contribution in [0.15, 0.2) is 28.8 Å². The number of hydrogen-bond donors (Lipinski definition) is 1. The zero-order valence-electron chi connectivity index (χ0n) is 7.64. The van der Waals surface area contributed by atoms with Gasteiger partial charge in [0.2, 0.25) is 5.16 Å². The van der Waals surface area contributed by atoms with Crippen LogP contribution < -0.4 is 0 Å². The van der Waals surface area contributed by atoms with Gasteiger partial charge in [-0.15, -0.1) is 5.10 Å². The van der Waals surface area contributed by atoms with Gasteiger partial charge in [0.25, 0.3) is 0 Å². The summed E-state index contributed by atoms with van der Waals surface area (Å²) < 4.78 is 0. The molecule has 0 aliphatic rings. The Morgan fingerprint density at radius 2 is 2.07 bits per heavy atom. The monoisotopic (exact) mass is 207 g/mol. The molecule has 2 aromatic heterocycles. The molecule has 0 unspecified atom stereocenters. The number of hydrogen-bond acceptors (Lipinski definition) is 5. The van der Waals surface area contributed by atoms with Crippen molar-refractivity contribution >= 4 is 11.8 Å². The second-order valence-electron chi connectivity index (χ2n) is 2.55. The van der Waals surface area contributed by atoms with Crippen LogP contribution in [0, 0.1) is 0 Å². The number of aromatic amines is 1. The van der Waals surface area contributed by atoms with E-state index in [0.717, 1.165) is 12.2 Å². The molecule has 5 nitrogen and oxygen atoms in total. The van der Waals surface area contributed by atoms with Gasteiger partial charge in [-0.1, -0.05) is 6.92 Å². The lowest BCUT2D eigenvalue weighted by Gasteiger charge is -1.91. The van der Waals surface area contributed by atoms with E-state index in [4.69, 9.17) is 0 Å². The first kappa shape index (κ1) is 9.14. The predicted octanol–water partition coefficient (Wildman–Crippen LogP) is 1.31. The number of rotatable bonds is 3. The van der Waals surface area contributed by atoms with Crippen LogP contribution >= 0.6 is 11.8 Å². The summed E-state index contributed by atoms with van der Waals surface area (Å²) >= 11 is 1.35. The molecule has 6 heteroatoms. The molecular formula is C8H9N5S. The Morgan fingerprint density at radius 3 is 2.71 bits per heavy atom. The Hall–Kier alpha value is -1.43. The van der Waals surface area contributed by atoms with Crippen molar-refractivity contribution < 1.29 is 0 Å². The fourth-order valence-electron chi connectivity index (χ4n) is 0.901. The van der Waals surface area contributed by atoms with Gasteiger partial charge in [-0.05, 0) is 17.8 Å². The van der Waals surface area contributed by atoms with Crippen molar-refractivity contribution in [1.29, 1.82) is 0 Å². The molecule has 0 aliphatic heterocycles. The average molecular weight is 207 g/mol. The van der Waals surface area contributed by atoms with Crippen LogP contribution in [0.3, 0.4) is 0 Å². The molecule has 0 bridgehead atoms. The lowest BCUT2D eigenvalue weighted by molar-refractivity contribution is 0.929. The van der Waals surface area contributed by atoms with Gasteiger partial charge in [0.15, 0.2) is 5.16 Å². The molecule has 0 saturated heterocycles. The van der Waals surface area contributed by atoms with Gasteiger partial charge in [-0.2, -0.15) is 0 Å². The zero-order valence-corrected chi connectivity index (χ0v) is 8.45. The van der Waals surface area contributed by atoms with E-state index in [1.807, 2.05) is 6.92 Å². The number of aryl methyl sites for hydroxylation is 1. The minimum absolute atomic E-state index is 0.660. The van der Waals surface area contributed by atoms with Gasteiger partial charge < -0.3 is 0 Å². The molecule has 2 rings (SSSR count). The number of aromatic nitrogens is 5. The SMILES string of the molecule is CCc1nc(Sc2ncccn2)n[nH]1. The summed E-state index contributed by atoms with van der Waals surface area (Å²) in [7, 11) is 0. The molecule has 0 aliphatic carbocycles. The lowest BCUT2D eigenvalue weighted by Crippen LogP contribution is -1.84. The Morgan fingerprint density at radius 1 is 1.29 bits per heavy atom. The zero-order chi connectivity index (χ0) is 9.80. The molecule has 0 spiro atoms. The van der Waals surface area contributed by atoms with Crippen molar-refractivity contribution in [3.63, 3.8) is 0 Å². The van der Waals surface area contributed by atoms with Crippen molar-refractivity contribution in [2.75, 3.05) is 0 Å². The summed E-state index contributed by atoms with van der Waals surface area (Å²) in [6.07, 6.45) is 4.24. The van der Waals surface area contributed by atoms with Gasteiger partial charge in [-0.3, -0.25) is 5.10 Å². The highest BCUT2D eigenvalue weighted by atomic mass is 32.2. The maximum absolute atomic E-state index is 4.24. The third-order valence-corrected chi connectivity index (χ3v) is 2.33. The van der Waals surface area contributed by atoms with Crippen LogP contribution in [0.5, 0.6) is 0 Å². The molecule has 0 amide bonds. The van der Waals surface area contributed by atoms with Crippen molar-refractivity contribution in [1.82, 2.24) is 25.1 Å². The average Bonchev–Trinajstić information content (AvgIpc) is 2.67. The summed E-state index contributed by atoms with van der Waals surface area (Å²) in [5, 5.41) is 8.19. The largest absolute Gasteiger partial charge is 0.262 e. The second-order valence-corrected chi connectivity index (χ2v) is 3.49. The van der Waals surface area contributed by atoms with E-state index in [9.17, 15) is 0 Å². The van der Waals surface area contributed by atoms with Crippen LogP contribution in [0.1, 0.15) is 12.7 Å². The van der Waals surface area contributed by atoms with Crippen LogP contribution in [-0.2, 0) is 6.42 Å². The second kappa shape index (κ2) is 4.19. The fourth-order valence-corrected chi connectivity index (χ4v) is 1.54. The first-order chi connectivity index (χ1) is 6.88. The van der Waals surface area contributed by atoms with E-state index in [1.54, 1.807) is 18.5 Å². The summed E-state index contributed by atoms with van der Waals surface area (Å²) in [6, 6.07) is 1.78. The van der Waals surface area contributed by atoms with E-state index in [1.165, 1.54) is 11.8 Å². The molecule has 72 valence electrons. The van der Waals surface area contributed by atoms with Gasteiger partial charge in [0, 0.05) is 18.8 Å². The highest BCUT2D eigenvalue weighted by Gasteiger charge is 2.04. The van der Waals surface area contributed by atoms with Crippen LogP contribution in [-0.4, -0.2) is 25.1 Å². The normalized spacial score (nSPS) is 10.4. The van der Waals surface area contributed by atoms with Gasteiger partial charge in [0.05, 0.1) is 0 Å². The Bertz CT molecular complexity index is 399. The minimum Gasteiger partial charge on any atom is -0.262 e. The maximum atomic E-state index is 4.24. The number of H-pyrrole nitrogens is 1. The topological polar surface area (TPSA) is 67.3 Å². The molecule has 0 fully saturated rings. The van der Waals surface area contributed by atoms with Gasteiger partial charge >= 0.3 is 0 Å². The molecular weight excluding hydrogens is 198 g/mol. The standard InChI is InChI=1S/C8H9N5S/c1-2-6-11-8(13-12-6)14-7-9-4-3-5-10-7/h3-5H,2H2,1H3,(H,11,12,13). The number of nitrogens with zero attached hydrogens (tertiary/aromatic N) is 4. The summed E-state index contributed by atoms with van der Waals surface area (Å²) in [5.41, 5.74) is 0. The molecule has 2 aromatic rings. The summed E-state index contributed by atoms with van der Waals surface area (Å²) in [6.45, 7) is 2.02. The molecule has 1 N–H and O–H groups in total. The highest BCUT2D eigenvalue weighted by Crippen LogP contribution is 2.19. The smallest absolute Gasteiger partial charge is 0.216 e. The van der Waals surface area contributed by atoms with Crippen molar-refractivity contribution in [2.45, 2.75) is 23.7 Å². The van der Waals surface area contributed by atoms with Crippen LogP contribution in [0.25, 0.3) is 0 Å². The first-order valence-electron chi connectivity index (χ1n) is 4.24. The Balaban J connectivity index is 2.11. The van der Waals surface area contributed by atoms with Gasteiger partial charge in [0.1, 0.15) is 5.82 Å². The van der Waals surface area contributed by atoms with Crippen molar-refractivity contribution in [3.05, 3.63) is 24.3 Å². The number of nitrogens with one attached hydrogen (secondary N) is 1. The van der Waals surface area contributed by atoms with Crippen LogP contribution in [0.2, 0.25) is 0 Å². The summed E-state index contributed by atoms with van der Waals surface area (Å²) in [5.74, 6) is 0.878. The predicted molar refractivity (Wildman–Crippen MR) is 51.9 cm³/mol.